The Labute approximate surface area is 89.1 Å². The highest BCUT2D eigenvalue weighted by Gasteiger charge is 1.99. The van der Waals surface area contributed by atoms with E-state index in [9.17, 15) is 4.79 Å². The van der Waals surface area contributed by atoms with Gasteiger partial charge in [0.2, 0.25) is 0 Å². The summed E-state index contributed by atoms with van der Waals surface area (Å²) in [5.74, 6) is -0.0409. The lowest BCUT2D eigenvalue weighted by Gasteiger charge is -2.02. The summed E-state index contributed by atoms with van der Waals surface area (Å²) in [6.45, 7) is 2.53. The number of carboxylic acid groups (broad SMARTS) is 1. The average molecular weight is 217 g/mol. The molecule has 0 unspecified atom stereocenters. The highest BCUT2D eigenvalue weighted by molar-refractivity contribution is 5.85. The second kappa shape index (κ2) is 6.27. The Hall–Kier alpha value is -1.22. The third kappa shape index (κ3) is 4.14. The highest BCUT2D eigenvalue weighted by Crippen LogP contribution is 2.12. The van der Waals surface area contributed by atoms with E-state index >= 15 is 0 Å². The Morgan fingerprint density at radius 1 is 1.36 bits per heavy atom. The summed E-state index contributed by atoms with van der Waals surface area (Å²) in [6.07, 6.45) is 0.0619. The molecule has 4 heteroatoms. The van der Waals surface area contributed by atoms with Crippen LogP contribution in [0.3, 0.4) is 0 Å². The van der Waals surface area contributed by atoms with Crippen molar-refractivity contribution in [1.82, 2.24) is 0 Å². The first-order valence-electron chi connectivity index (χ1n) is 4.16. The van der Waals surface area contributed by atoms with Gasteiger partial charge in [0.05, 0.1) is 13.0 Å². The minimum absolute atomic E-state index is 0. The minimum Gasteiger partial charge on any atom is -0.494 e. The quantitative estimate of drug-likeness (QED) is 0.839. The van der Waals surface area contributed by atoms with Crippen molar-refractivity contribution in [2.45, 2.75) is 13.3 Å². The second-order valence-electron chi connectivity index (χ2n) is 2.65. The van der Waals surface area contributed by atoms with Crippen LogP contribution in [0.25, 0.3) is 0 Å². The predicted molar refractivity (Wildman–Crippen MR) is 56.2 cm³/mol. The third-order valence-corrected chi connectivity index (χ3v) is 1.59. The molecule has 0 saturated heterocycles. The summed E-state index contributed by atoms with van der Waals surface area (Å²) in [4.78, 5) is 10.3. The monoisotopic (exact) mass is 216 g/mol. The smallest absolute Gasteiger partial charge is 0.307 e. The van der Waals surface area contributed by atoms with Gasteiger partial charge in [0, 0.05) is 0 Å². The molecule has 0 aliphatic carbocycles. The molecule has 0 amide bonds. The van der Waals surface area contributed by atoms with Crippen molar-refractivity contribution in [3.05, 3.63) is 29.8 Å². The topological polar surface area (TPSA) is 46.5 Å². The van der Waals surface area contributed by atoms with Gasteiger partial charge in [-0.3, -0.25) is 4.79 Å². The van der Waals surface area contributed by atoms with Crippen LogP contribution in [0.5, 0.6) is 5.75 Å². The van der Waals surface area contributed by atoms with E-state index in [-0.39, 0.29) is 18.8 Å². The van der Waals surface area contributed by atoms with Crippen molar-refractivity contribution in [3.63, 3.8) is 0 Å². The van der Waals surface area contributed by atoms with Crippen molar-refractivity contribution >= 4 is 18.4 Å². The number of ether oxygens (including phenoxy) is 1. The SMILES string of the molecule is CCOc1ccc(CC(=O)O)cc1.Cl. The summed E-state index contributed by atoms with van der Waals surface area (Å²) in [5, 5.41) is 8.51. The molecule has 3 nitrogen and oxygen atoms in total. The number of carboxylic acids is 1. The van der Waals surface area contributed by atoms with Crippen molar-refractivity contribution in [2.24, 2.45) is 0 Å². The van der Waals surface area contributed by atoms with Gasteiger partial charge in [-0.1, -0.05) is 12.1 Å². The van der Waals surface area contributed by atoms with E-state index in [2.05, 4.69) is 0 Å². The Morgan fingerprint density at radius 2 is 1.93 bits per heavy atom. The Balaban J connectivity index is 0.00000169. The molecule has 0 saturated carbocycles. The molecule has 1 aromatic rings. The van der Waals surface area contributed by atoms with Crippen LogP contribution in [-0.4, -0.2) is 17.7 Å². The molecule has 0 bridgehead atoms. The average Bonchev–Trinajstić information content (AvgIpc) is 2.08. The van der Waals surface area contributed by atoms with Gasteiger partial charge in [-0.25, -0.2) is 0 Å². The summed E-state index contributed by atoms with van der Waals surface area (Å²) in [5.41, 5.74) is 0.788. The first-order chi connectivity index (χ1) is 6.22. The number of hydrogen-bond donors (Lipinski definition) is 1. The summed E-state index contributed by atoms with van der Waals surface area (Å²) >= 11 is 0. The number of carbonyl (C=O) groups is 1. The van der Waals surface area contributed by atoms with Crippen LogP contribution >= 0.6 is 12.4 Å². The van der Waals surface area contributed by atoms with E-state index in [4.69, 9.17) is 9.84 Å². The maximum atomic E-state index is 10.3. The van der Waals surface area contributed by atoms with Gasteiger partial charge in [0.1, 0.15) is 5.75 Å². The van der Waals surface area contributed by atoms with E-state index in [1.165, 1.54) is 0 Å². The normalized spacial score (nSPS) is 8.93. The van der Waals surface area contributed by atoms with Crippen molar-refractivity contribution in [3.8, 4) is 5.75 Å². The van der Waals surface area contributed by atoms with Gasteiger partial charge in [0.25, 0.3) is 0 Å². The van der Waals surface area contributed by atoms with E-state index in [1.54, 1.807) is 24.3 Å². The lowest BCUT2D eigenvalue weighted by molar-refractivity contribution is -0.136. The molecule has 78 valence electrons. The molecule has 0 radical (unpaired) electrons. The Kier molecular flexibility index (Phi) is 5.72. The van der Waals surface area contributed by atoms with E-state index in [0.29, 0.717) is 6.61 Å². The van der Waals surface area contributed by atoms with Crippen LogP contribution in [0, 0.1) is 0 Å². The van der Waals surface area contributed by atoms with Gasteiger partial charge in [0.15, 0.2) is 0 Å². The maximum absolute atomic E-state index is 10.3. The molecule has 0 aliphatic heterocycles. The van der Waals surface area contributed by atoms with Crippen molar-refractivity contribution < 1.29 is 14.6 Å². The van der Waals surface area contributed by atoms with E-state index in [0.717, 1.165) is 11.3 Å². The van der Waals surface area contributed by atoms with Gasteiger partial charge >= 0.3 is 5.97 Å². The van der Waals surface area contributed by atoms with Crippen molar-refractivity contribution in [2.75, 3.05) is 6.61 Å². The van der Waals surface area contributed by atoms with Crippen LogP contribution in [0.15, 0.2) is 24.3 Å². The van der Waals surface area contributed by atoms with Gasteiger partial charge in [-0.05, 0) is 24.6 Å². The molecular formula is C10H13ClO3. The van der Waals surface area contributed by atoms with Crippen LogP contribution in [0.1, 0.15) is 12.5 Å². The molecule has 1 rings (SSSR count). The number of hydrogen-bond acceptors (Lipinski definition) is 2. The molecule has 0 atom stereocenters. The second-order valence-corrected chi connectivity index (χ2v) is 2.65. The van der Waals surface area contributed by atoms with Crippen molar-refractivity contribution in [1.29, 1.82) is 0 Å². The van der Waals surface area contributed by atoms with Gasteiger partial charge < -0.3 is 9.84 Å². The minimum atomic E-state index is -0.816. The summed E-state index contributed by atoms with van der Waals surface area (Å²) in [6, 6.07) is 7.09. The number of aliphatic carboxylic acids is 1. The molecule has 1 aromatic carbocycles. The summed E-state index contributed by atoms with van der Waals surface area (Å²) < 4.78 is 5.22. The Bertz CT molecular complexity index is 282. The molecule has 0 fully saturated rings. The molecule has 0 aromatic heterocycles. The fourth-order valence-electron chi connectivity index (χ4n) is 1.04. The molecule has 0 spiro atoms. The first kappa shape index (κ1) is 12.8. The number of rotatable bonds is 4. The van der Waals surface area contributed by atoms with Gasteiger partial charge in [-0.2, -0.15) is 0 Å². The first-order valence-corrected chi connectivity index (χ1v) is 4.16. The fraction of sp³-hybridized carbons (Fsp3) is 0.300. The van der Waals surface area contributed by atoms with Crippen LogP contribution in [0.4, 0.5) is 0 Å². The lowest BCUT2D eigenvalue weighted by Crippen LogP contribution is -1.99. The highest BCUT2D eigenvalue weighted by atomic mass is 35.5. The molecular weight excluding hydrogens is 204 g/mol. The molecule has 1 N–H and O–H groups in total. The van der Waals surface area contributed by atoms with Crippen LogP contribution in [0.2, 0.25) is 0 Å². The Morgan fingerprint density at radius 3 is 2.36 bits per heavy atom. The van der Waals surface area contributed by atoms with E-state index < -0.39 is 5.97 Å². The largest absolute Gasteiger partial charge is 0.494 e. The number of benzene rings is 1. The zero-order chi connectivity index (χ0) is 9.68. The van der Waals surface area contributed by atoms with Crippen LogP contribution < -0.4 is 4.74 Å². The zero-order valence-electron chi connectivity index (χ0n) is 7.90. The molecule has 14 heavy (non-hydrogen) atoms. The lowest BCUT2D eigenvalue weighted by atomic mass is 10.1. The standard InChI is InChI=1S/C10H12O3.ClH/c1-2-13-9-5-3-8(4-6-9)7-10(11)12;/h3-6H,2,7H2,1H3,(H,11,12);1H. The molecule has 0 heterocycles. The fourth-order valence-corrected chi connectivity index (χ4v) is 1.04. The maximum Gasteiger partial charge on any atom is 0.307 e. The molecule has 0 aliphatic rings. The summed E-state index contributed by atoms with van der Waals surface area (Å²) in [7, 11) is 0. The van der Waals surface area contributed by atoms with E-state index in [1.807, 2.05) is 6.92 Å². The zero-order valence-corrected chi connectivity index (χ0v) is 8.71. The van der Waals surface area contributed by atoms with Crippen LogP contribution in [-0.2, 0) is 11.2 Å². The predicted octanol–water partition coefficient (Wildman–Crippen LogP) is 2.13. The third-order valence-electron chi connectivity index (χ3n) is 1.59. The number of halogens is 1. The van der Waals surface area contributed by atoms with Gasteiger partial charge in [-0.15, -0.1) is 12.4 Å².